The van der Waals surface area contributed by atoms with Crippen molar-refractivity contribution in [2.75, 3.05) is 25.0 Å². The van der Waals surface area contributed by atoms with Gasteiger partial charge in [0.05, 0.1) is 6.54 Å². The van der Waals surface area contributed by atoms with Crippen molar-refractivity contribution < 1.29 is 4.79 Å². The molecule has 1 N–H and O–H groups in total. The second kappa shape index (κ2) is 7.66. The Bertz CT molecular complexity index is 694. The molecule has 5 nitrogen and oxygen atoms in total. The molecule has 1 saturated heterocycles. The number of rotatable bonds is 5. The molecule has 1 aliphatic heterocycles. The lowest BCUT2D eigenvalue weighted by atomic mass is 10.2. The van der Waals surface area contributed by atoms with E-state index in [0.29, 0.717) is 13.1 Å². The number of urea groups is 1. The number of carbonyl (C=O) groups excluding carboxylic acids is 1. The van der Waals surface area contributed by atoms with Crippen molar-refractivity contribution >= 4 is 23.2 Å². The van der Waals surface area contributed by atoms with E-state index in [1.807, 2.05) is 19.3 Å². The molecular weight excluding hydrogens is 320 g/mol. The number of aryl methyl sites for hydroxylation is 1. The van der Waals surface area contributed by atoms with Crippen LogP contribution < -0.4 is 10.2 Å². The molecule has 0 aromatic carbocycles. The minimum atomic E-state index is -0.0534. The summed E-state index contributed by atoms with van der Waals surface area (Å²) >= 11 is 1.69. The van der Waals surface area contributed by atoms with Crippen molar-refractivity contribution in [1.29, 1.82) is 0 Å². The predicted molar refractivity (Wildman–Crippen MR) is 98.4 cm³/mol. The van der Waals surface area contributed by atoms with E-state index in [1.54, 1.807) is 16.2 Å². The van der Waals surface area contributed by atoms with E-state index in [-0.39, 0.29) is 6.03 Å². The molecular formula is C18H24N4OS. The number of amides is 2. The first-order valence-corrected chi connectivity index (χ1v) is 9.23. The van der Waals surface area contributed by atoms with Crippen LogP contribution in [-0.4, -0.2) is 36.1 Å². The Morgan fingerprint density at radius 3 is 2.88 bits per heavy atom. The van der Waals surface area contributed by atoms with Crippen molar-refractivity contribution in [3.05, 3.63) is 45.8 Å². The number of aromatic nitrogens is 1. The third-order valence-electron chi connectivity index (χ3n) is 4.38. The van der Waals surface area contributed by atoms with Crippen LogP contribution in [-0.2, 0) is 13.1 Å². The molecule has 128 valence electrons. The fraction of sp³-hybridized carbons (Fsp3) is 0.444. The van der Waals surface area contributed by atoms with E-state index >= 15 is 0 Å². The summed E-state index contributed by atoms with van der Waals surface area (Å²) < 4.78 is 0. The highest BCUT2D eigenvalue weighted by Crippen LogP contribution is 2.19. The number of hydrogen-bond acceptors (Lipinski definition) is 4. The van der Waals surface area contributed by atoms with Gasteiger partial charge in [0.15, 0.2) is 0 Å². The molecule has 0 atom stereocenters. The van der Waals surface area contributed by atoms with Crippen LogP contribution in [0.1, 0.15) is 28.8 Å². The zero-order valence-corrected chi connectivity index (χ0v) is 15.1. The van der Waals surface area contributed by atoms with Gasteiger partial charge in [-0.1, -0.05) is 0 Å². The van der Waals surface area contributed by atoms with E-state index in [2.05, 4.69) is 39.6 Å². The number of carbonyl (C=O) groups is 1. The van der Waals surface area contributed by atoms with Crippen LogP contribution in [0.4, 0.5) is 10.6 Å². The predicted octanol–water partition coefficient (Wildman–Crippen LogP) is 3.39. The molecule has 0 saturated carbocycles. The molecule has 0 radical (unpaired) electrons. The number of nitrogens with one attached hydrogen (secondary N) is 1. The topological polar surface area (TPSA) is 48.5 Å². The quantitative estimate of drug-likeness (QED) is 0.904. The van der Waals surface area contributed by atoms with Gasteiger partial charge in [0.25, 0.3) is 0 Å². The lowest BCUT2D eigenvalue weighted by Gasteiger charge is -2.19. The summed E-state index contributed by atoms with van der Waals surface area (Å²) in [6, 6.07) is 6.07. The van der Waals surface area contributed by atoms with E-state index in [1.165, 1.54) is 23.3 Å². The Morgan fingerprint density at radius 2 is 2.17 bits per heavy atom. The molecule has 0 bridgehead atoms. The normalized spacial score (nSPS) is 14.0. The molecule has 24 heavy (non-hydrogen) atoms. The van der Waals surface area contributed by atoms with Crippen LogP contribution in [0.3, 0.4) is 0 Å². The fourth-order valence-electron chi connectivity index (χ4n) is 2.86. The average Bonchev–Trinajstić information content (AvgIpc) is 3.25. The average molecular weight is 344 g/mol. The van der Waals surface area contributed by atoms with Crippen LogP contribution in [0.15, 0.2) is 29.8 Å². The molecule has 0 spiro atoms. The van der Waals surface area contributed by atoms with Crippen LogP contribution in [0, 0.1) is 6.92 Å². The lowest BCUT2D eigenvalue weighted by molar-refractivity contribution is 0.207. The maximum absolute atomic E-state index is 12.3. The summed E-state index contributed by atoms with van der Waals surface area (Å²) in [5.41, 5.74) is 2.32. The standard InChI is InChI=1S/C18H24N4OS/c1-14-6-10-24-16(14)13-21(2)18(23)20-12-15-5-7-19-17(11-15)22-8-3-4-9-22/h5-7,10-11H,3-4,8-9,12-13H2,1-2H3,(H,20,23). The van der Waals surface area contributed by atoms with Gasteiger partial charge in [-0.25, -0.2) is 9.78 Å². The van der Waals surface area contributed by atoms with Crippen molar-refractivity contribution in [3.63, 3.8) is 0 Å². The molecule has 2 amide bonds. The monoisotopic (exact) mass is 344 g/mol. The van der Waals surface area contributed by atoms with E-state index in [9.17, 15) is 4.79 Å². The summed E-state index contributed by atoms with van der Waals surface area (Å²) in [7, 11) is 1.83. The Labute approximate surface area is 147 Å². The second-order valence-electron chi connectivity index (χ2n) is 6.26. The number of anilines is 1. The smallest absolute Gasteiger partial charge is 0.317 e. The van der Waals surface area contributed by atoms with Gasteiger partial charge >= 0.3 is 6.03 Å². The minimum Gasteiger partial charge on any atom is -0.357 e. The molecule has 1 aliphatic rings. The summed E-state index contributed by atoms with van der Waals surface area (Å²) in [5.74, 6) is 1.02. The van der Waals surface area contributed by atoms with Gasteiger partial charge < -0.3 is 15.1 Å². The Kier molecular flexibility index (Phi) is 5.35. The van der Waals surface area contributed by atoms with Crippen LogP contribution >= 0.6 is 11.3 Å². The highest BCUT2D eigenvalue weighted by atomic mass is 32.1. The Hall–Kier alpha value is -2.08. The number of hydrogen-bond donors (Lipinski definition) is 1. The van der Waals surface area contributed by atoms with Crippen LogP contribution in [0.2, 0.25) is 0 Å². The van der Waals surface area contributed by atoms with Gasteiger partial charge in [0, 0.05) is 37.8 Å². The molecule has 1 fully saturated rings. The van der Waals surface area contributed by atoms with E-state index < -0.39 is 0 Å². The largest absolute Gasteiger partial charge is 0.357 e. The van der Waals surface area contributed by atoms with Gasteiger partial charge in [-0.3, -0.25) is 0 Å². The van der Waals surface area contributed by atoms with E-state index in [0.717, 1.165) is 24.5 Å². The number of pyridine rings is 1. The molecule has 2 aromatic rings. The van der Waals surface area contributed by atoms with Gasteiger partial charge in [0.1, 0.15) is 5.82 Å². The fourth-order valence-corrected chi connectivity index (χ4v) is 3.81. The molecule has 6 heteroatoms. The molecule has 2 aromatic heterocycles. The van der Waals surface area contributed by atoms with Gasteiger partial charge in [-0.05, 0) is 54.5 Å². The number of thiophene rings is 1. The third-order valence-corrected chi connectivity index (χ3v) is 5.39. The third kappa shape index (κ3) is 4.06. The summed E-state index contributed by atoms with van der Waals surface area (Å²) in [4.78, 5) is 22.0. The molecule has 3 rings (SSSR count). The maximum atomic E-state index is 12.3. The van der Waals surface area contributed by atoms with Crippen LogP contribution in [0.5, 0.6) is 0 Å². The Balaban J connectivity index is 1.54. The molecule has 0 unspecified atom stereocenters. The molecule has 3 heterocycles. The molecule has 0 aliphatic carbocycles. The maximum Gasteiger partial charge on any atom is 0.317 e. The highest BCUT2D eigenvalue weighted by molar-refractivity contribution is 7.10. The van der Waals surface area contributed by atoms with Gasteiger partial charge in [-0.2, -0.15) is 0 Å². The van der Waals surface area contributed by atoms with Crippen LogP contribution in [0.25, 0.3) is 0 Å². The zero-order chi connectivity index (χ0) is 16.9. The zero-order valence-electron chi connectivity index (χ0n) is 14.3. The first-order chi connectivity index (χ1) is 11.6. The summed E-state index contributed by atoms with van der Waals surface area (Å²) in [5, 5.41) is 5.06. The number of nitrogens with zero attached hydrogens (tertiary/aromatic N) is 3. The first-order valence-electron chi connectivity index (χ1n) is 8.35. The van der Waals surface area contributed by atoms with Crippen molar-refractivity contribution in [1.82, 2.24) is 15.2 Å². The SMILES string of the molecule is Cc1ccsc1CN(C)C(=O)NCc1ccnc(N2CCCC2)c1. The second-order valence-corrected chi connectivity index (χ2v) is 7.26. The van der Waals surface area contributed by atoms with Crippen molar-refractivity contribution in [2.45, 2.75) is 32.9 Å². The lowest BCUT2D eigenvalue weighted by Crippen LogP contribution is -2.36. The minimum absolute atomic E-state index is 0.0534. The van der Waals surface area contributed by atoms with Gasteiger partial charge in [-0.15, -0.1) is 11.3 Å². The Morgan fingerprint density at radius 1 is 1.38 bits per heavy atom. The summed E-state index contributed by atoms with van der Waals surface area (Å²) in [6.07, 6.45) is 4.29. The summed E-state index contributed by atoms with van der Waals surface area (Å²) in [6.45, 7) is 5.40. The van der Waals surface area contributed by atoms with Gasteiger partial charge in [0.2, 0.25) is 0 Å². The van der Waals surface area contributed by atoms with Crippen molar-refractivity contribution in [2.24, 2.45) is 0 Å². The van der Waals surface area contributed by atoms with E-state index in [4.69, 9.17) is 0 Å². The highest BCUT2D eigenvalue weighted by Gasteiger charge is 2.14. The first kappa shape index (κ1) is 16.8. The van der Waals surface area contributed by atoms with Crippen molar-refractivity contribution in [3.8, 4) is 0 Å².